The van der Waals surface area contributed by atoms with Crippen LogP contribution in [0.3, 0.4) is 0 Å². The molecule has 0 N–H and O–H groups in total. The van der Waals surface area contributed by atoms with E-state index >= 15 is 0 Å². The fourth-order valence-corrected chi connectivity index (χ4v) is 19.8. The zero-order valence-corrected chi connectivity index (χ0v) is 62.0. The molecule has 2 saturated heterocycles. The highest BCUT2D eigenvalue weighted by Gasteiger charge is 2.40. The Morgan fingerprint density at radius 3 is 0.438 bits per heavy atom. The van der Waals surface area contributed by atoms with E-state index in [4.69, 9.17) is 18.6 Å². The lowest BCUT2D eigenvalue weighted by Crippen LogP contribution is -2.47. The first-order chi connectivity index (χ1) is 47.1. The quantitative estimate of drug-likeness (QED) is 0.0618. The molecule has 96 heavy (non-hydrogen) atoms. The highest BCUT2D eigenvalue weighted by Crippen LogP contribution is 2.36. The summed E-state index contributed by atoms with van der Waals surface area (Å²) < 4.78 is 23.5. The number of halogens is 2. The lowest BCUT2D eigenvalue weighted by atomic mass is 9.61. The van der Waals surface area contributed by atoms with E-state index in [9.17, 15) is 0 Å². The van der Waals surface area contributed by atoms with E-state index in [1.54, 1.807) is 0 Å². The van der Waals surface area contributed by atoms with Gasteiger partial charge >= 0.3 is 14.2 Å². The van der Waals surface area contributed by atoms with Gasteiger partial charge in [0.25, 0.3) is 0 Å². The molecule has 14 rings (SSSR count). The number of hydrogen-bond donors (Lipinski definition) is 0. The van der Waals surface area contributed by atoms with Crippen LogP contribution in [0.2, 0.25) is 6.22 Å². The van der Waals surface area contributed by atoms with Crippen LogP contribution < -0.4 is 63.7 Å². The Kier molecular flexibility index (Phi) is 30.8. The van der Waals surface area contributed by atoms with Gasteiger partial charge < -0.3 is 18.6 Å². The number of rotatable bonds is 14. The van der Waals surface area contributed by atoms with E-state index in [1.807, 2.05) is 0 Å². The Hall–Kier alpha value is -6.71. The summed E-state index contributed by atoms with van der Waals surface area (Å²) in [6.45, 7) is 11.5. The molecule has 484 valence electrons. The summed E-state index contributed by atoms with van der Waals surface area (Å²) in [6, 6.07) is 129. The first-order valence-electron chi connectivity index (χ1n) is 32.5. The lowest BCUT2D eigenvalue weighted by Gasteiger charge is -2.36. The third-order valence-corrected chi connectivity index (χ3v) is 25.0. The third kappa shape index (κ3) is 23.8. The third-order valence-electron chi connectivity index (χ3n) is 15.2. The molecule has 4 nitrogen and oxygen atoms in total. The van der Waals surface area contributed by atoms with Gasteiger partial charge in [-0.3, -0.25) is 0 Å². The first kappa shape index (κ1) is 73.5. The molecule has 12 aromatic rings. The monoisotopic (exact) mass is 1460 g/mol. The number of alkyl halides is 2. The molecule has 0 bridgehead atoms. The van der Waals surface area contributed by atoms with Gasteiger partial charge in [-0.05, 0) is 95.3 Å². The van der Waals surface area contributed by atoms with Crippen molar-refractivity contribution in [2.45, 2.75) is 33.9 Å². The molecule has 2 aliphatic rings. The molecule has 0 saturated carbocycles. The minimum absolute atomic E-state index is 0.118. The molecular formula is C84H84B2Br2O4P4. The average molecular weight is 1460 g/mol. The molecular weight excluding hydrogens is 1380 g/mol. The maximum atomic E-state index is 5.67. The van der Waals surface area contributed by atoms with Gasteiger partial charge in [-0.25, -0.2) is 0 Å². The molecule has 0 aliphatic carbocycles. The summed E-state index contributed by atoms with van der Waals surface area (Å²) in [5, 5.41) is 16.8. The van der Waals surface area contributed by atoms with Gasteiger partial charge in [-0.2, -0.15) is 0 Å². The highest BCUT2D eigenvalue weighted by molar-refractivity contribution is 9.24. The molecule has 0 unspecified atom stereocenters. The van der Waals surface area contributed by atoms with Gasteiger partial charge in [0, 0.05) is 43.5 Å². The van der Waals surface area contributed by atoms with Gasteiger partial charge in [0.2, 0.25) is 0 Å². The molecule has 0 atom stereocenters. The maximum Gasteiger partial charge on any atom is 0.454 e. The molecule has 0 aromatic heterocycles. The summed E-state index contributed by atoms with van der Waals surface area (Å²) in [5.74, 6) is 0. The van der Waals surface area contributed by atoms with Crippen molar-refractivity contribution in [3.05, 3.63) is 364 Å². The van der Waals surface area contributed by atoms with Crippen molar-refractivity contribution in [1.29, 1.82) is 0 Å². The molecule has 2 heterocycles. The Morgan fingerprint density at radius 1 is 0.229 bits per heavy atom. The second-order valence-electron chi connectivity index (χ2n) is 24.1. The van der Waals surface area contributed by atoms with Crippen molar-refractivity contribution < 1.29 is 18.6 Å². The van der Waals surface area contributed by atoms with E-state index in [0.717, 1.165) is 30.7 Å². The molecule has 2 aliphatic heterocycles. The summed E-state index contributed by atoms with van der Waals surface area (Å²) >= 11 is 6.12. The molecule has 0 amide bonds. The minimum Gasteiger partial charge on any atom is -0.411 e. The van der Waals surface area contributed by atoms with Crippen molar-refractivity contribution in [3.63, 3.8) is 0 Å². The van der Waals surface area contributed by atoms with Crippen LogP contribution in [0.4, 0.5) is 0 Å². The zero-order chi connectivity index (χ0) is 66.9. The largest absolute Gasteiger partial charge is 0.454 e. The van der Waals surface area contributed by atoms with Crippen LogP contribution in [0.5, 0.6) is 0 Å². The van der Waals surface area contributed by atoms with Crippen LogP contribution in [-0.4, -0.2) is 44.9 Å². The van der Waals surface area contributed by atoms with Crippen LogP contribution in [-0.2, 0) is 18.6 Å². The fourth-order valence-electron chi connectivity index (χ4n) is 10.6. The Bertz CT molecular complexity index is 3090. The zero-order valence-electron chi connectivity index (χ0n) is 55.2. The van der Waals surface area contributed by atoms with Gasteiger partial charge in [0.05, 0.1) is 4.24 Å². The molecule has 12 aromatic carbocycles. The fraction of sp³-hybridized carbons (Fsp3) is 0.143. The van der Waals surface area contributed by atoms with E-state index in [2.05, 4.69) is 424 Å². The maximum absolute atomic E-state index is 5.67. The Morgan fingerprint density at radius 2 is 0.333 bits per heavy atom. The van der Waals surface area contributed by atoms with Crippen LogP contribution in [0, 0.1) is 10.8 Å². The van der Waals surface area contributed by atoms with Crippen LogP contribution in [0.25, 0.3) is 0 Å². The average Bonchev–Trinajstić information content (AvgIpc) is 0.932. The molecule has 0 radical (unpaired) electrons. The number of hydrogen-bond acceptors (Lipinski definition) is 4. The van der Waals surface area contributed by atoms with Gasteiger partial charge in [-0.1, -0.05) is 424 Å². The summed E-state index contributed by atoms with van der Waals surface area (Å²) in [6.07, 6.45) is 0.659. The summed E-state index contributed by atoms with van der Waals surface area (Å²) in [7, 11) is -2.16. The highest BCUT2D eigenvalue weighted by atomic mass is 79.9. The molecule has 12 heteroatoms. The van der Waals surface area contributed by atoms with E-state index in [1.165, 1.54) is 63.7 Å². The van der Waals surface area contributed by atoms with Gasteiger partial charge in [0.1, 0.15) is 0 Å². The predicted molar refractivity (Wildman–Crippen MR) is 431 cm³/mol. The van der Waals surface area contributed by atoms with E-state index < -0.39 is 31.7 Å². The topological polar surface area (TPSA) is 36.9 Å². The first-order valence-corrected chi connectivity index (χ1v) is 40.1. The van der Waals surface area contributed by atoms with Crippen LogP contribution >= 0.6 is 63.5 Å². The normalized spacial score (nSPS) is 13.6. The van der Waals surface area contributed by atoms with Gasteiger partial charge in [-0.15, -0.1) is 0 Å². The Labute approximate surface area is 594 Å². The summed E-state index contributed by atoms with van der Waals surface area (Å²) in [5.41, 5.74) is 0.236. The number of benzene rings is 12. The lowest BCUT2D eigenvalue weighted by molar-refractivity contribution is 0.0172. The summed E-state index contributed by atoms with van der Waals surface area (Å²) in [4.78, 5) is 0. The SMILES string of the molecule is BrCBr.CC1(C)COB(CB2OCC(C)(C)CO2)OC1.c1ccc(P(c2ccccc2)c2ccccc2)cc1.c1ccc(P(c2ccccc2)c2ccccc2)cc1.c1ccc(P(c2ccccc2)c2ccccc2)cc1.c1ccc(P(c2ccccc2)c2ccccc2)cc1. The van der Waals surface area contributed by atoms with Crippen LogP contribution in [0.1, 0.15) is 27.7 Å². The smallest absolute Gasteiger partial charge is 0.411 e. The van der Waals surface area contributed by atoms with Crippen molar-refractivity contribution in [2.75, 3.05) is 30.7 Å². The van der Waals surface area contributed by atoms with E-state index in [0.29, 0.717) is 6.22 Å². The van der Waals surface area contributed by atoms with Crippen molar-refractivity contribution in [1.82, 2.24) is 0 Å². The van der Waals surface area contributed by atoms with Gasteiger partial charge in [0.15, 0.2) is 0 Å². The Balaban J connectivity index is 0.000000139. The van der Waals surface area contributed by atoms with Crippen molar-refractivity contribution in [2.24, 2.45) is 10.8 Å². The van der Waals surface area contributed by atoms with Crippen molar-refractivity contribution in [3.8, 4) is 0 Å². The molecule has 2 fully saturated rings. The second kappa shape index (κ2) is 40.2. The molecule has 0 spiro atoms. The van der Waals surface area contributed by atoms with Crippen molar-refractivity contribution >= 4 is 141 Å². The van der Waals surface area contributed by atoms with Crippen LogP contribution in [0.15, 0.2) is 364 Å². The standard InChI is InChI=1S/4C18H15P.C11H22B2O4.CH2Br2/c4*1-4-10-16(11-5-1)19(17-12-6-2-7-13-17)18-14-8-3-9-15-18;1-10(2)5-14-12(15-6-10)9-13-16-7-11(3,4)8-17-13;2-1-3/h4*1-15H;5-9H2,1-4H3;1H2. The second-order valence-corrected chi connectivity index (χ2v) is 35.6. The minimum atomic E-state index is -0.446. The van der Waals surface area contributed by atoms with E-state index in [-0.39, 0.29) is 25.1 Å². The predicted octanol–water partition coefficient (Wildman–Crippen LogP) is 17.2.